The lowest BCUT2D eigenvalue weighted by Crippen LogP contribution is -2.42. The van der Waals surface area contributed by atoms with Crippen molar-refractivity contribution in [3.05, 3.63) is 64.4 Å². The molecule has 0 saturated carbocycles. The Bertz CT molecular complexity index is 774. The average molecular weight is 347 g/mol. The Kier molecular flexibility index (Phi) is 4.81. The zero-order chi connectivity index (χ0) is 17.1. The van der Waals surface area contributed by atoms with Crippen LogP contribution in [0, 0.1) is 5.82 Å². The molecule has 4 nitrogen and oxygen atoms in total. The van der Waals surface area contributed by atoms with Gasteiger partial charge in [0.25, 0.3) is 5.91 Å². The van der Waals surface area contributed by atoms with Crippen molar-refractivity contribution in [2.75, 3.05) is 18.0 Å². The maximum Gasteiger partial charge on any atom is 0.256 e. The third-order valence-electron chi connectivity index (χ3n) is 4.00. The molecule has 1 N–H and O–H groups in total. The first-order valence-electron chi connectivity index (χ1n) is 7.68. The summed E-state index contributed by atoms with van der Waals surface area (Å²) in [6, 6.07) is 11.7. The van der Waals surface area contributed by atoms with Gasteiger partial charge < -0.3 is 10.2 Å². The molecule has 0 saturated heterocycles. The highest BCUT2D eigenvalue weighted by molar-refractivity contribution is 6.33. The van der Waals surface area contributed by atoms with E-state index in [-0.39, 0.29) is 23.0 Å². The molecule has 124 valence electrons. The Labute approximate surface area is 144 Å². The predicted octanol–water partition coefficient (Wildman–Crippen LogP) is 3.19. The highest BCUT2D eigenvalue weighted by Crippen LogP contribution is 2.26. The van der Waals surface area contributed by atoms with Crippen molar-refractivity contribution in [1.29, 1.82) is 0 Å². The summed E-state index contributed by atoms with van der Waals surface area (Å²) in [6.45, 7) is 0.393. The molecule has 24 heavy (non-hydrogen) atoms. The van der Waals surface area contributed by atoms with Crippen molar-refractivity contribution in [3.8, 4) is 0 Å². The van der Waals surface area contributed by atoms with Gasteiger partial charge in [-0.05, 0) is 36.6 Å². The van der Waals surface area contributed by atoms with Crippen molar-refractivity contribution in [2.45, 2.75) is 12.8 Å². The number of benzene rings is 2. The molecule has 1 heterocycles. The lowest BCUT2D eigenvalue weighted by Gasteiger charge is -2.29. The van der Waals surface area contributed by atoms with Crippen LogP contribution >= 0.6 is 11.6 Å². The Morgan fingerprint density at radius 2 is 1.96 bits per heavy atom. The third kappa shape index (κ3) is 3.26. The summed E-state index contributed by atoms with van der Waals surface area (Å²) in [5.74, 6) is -1.64. The van der Waals surface area contributed by atoms with E-state index in [1.165, 1.54) is 12.1 Å². The van der Waals surface area contributed by atoms with E-state index in [1.54, 1.807) is 4.90 Å². The molecule has 1 aliphatic rings. The molecular formula is C18H16ClFN2O2. The lowest BCUT2D eigenvalue weighted by molar-refractivity contribution is -0.117. The van der Waals surface area contributed by atoms with Crippen LogP contribution in [0.1, 0.15) is 22.3 Å². The number of nitrogens with one attached hydrogen (secondary N) is 1. The summed E-state index contributed by atoms with van der Waals surface area (Å²) in [4.78, 5) is 26.2. The van der Waals surface area contributed by atoms with Crippen LogP contribution in [0.5, 0.6) is 0 Å². The number of aryl methyl sites for hydroxylation is 1. The Hall–Kier alpha value is -2.40. The van der Waals surface area contributed by atoms with E-state index < -0.39 is 11.7 Å². The zero-order valence-electron chi connectivity index (χ0n) is 12.9. The second-order valence-corrected chi connectivity index (χ2v) is 5.96. The number of rotatable bonds is 3. The number of halogens is 2. The van der Waals surface area contributed by atoms with Crippen molar-refractivity contribution in [3.63, 3.8) is 0 Å². The van der Waals surface area contributed by atoms with Crippen LogP contribution in [0.3, 0.4) is 0 Å². The molecule has 6 heteroatoms. The van der Waals surface area contributed by atoms with Crippen molar-refractivity contribution < 1.29 is 14.0 Å². The fourth-order valence-corrected chi connectivity index (χ4v) is 3.10. The van der Waals surface area contributed by atoms with Gasteiger partial charge in [0, 0.05) is 12.2 Å². The van der Waals surface area contributed by atoms with Crippen molar-refractivity contribution in [1.82, 2.24) is 5.32 Å². The Morgan fingerprint density at radius 3 is 2.75 bits per heavy atom. The summed E-state index contributed by atoms with van der Waals surface area (Å²) in [6.07, 6.45) is 1.80. The molecule has 2 amide bonds. The predicted molar refractivity (Wildman–Crippen MR) is 90.9 cm³/mol. The van der Waals surface area contributed by atoms with Crippen molar-refractivity contribution >= 4 is 29.1 Å². The van der Waals surface area contributed by atoms with E-state index in [1.807, 2.05) is 24.3 Å². The molecule has 2 aromatic rings. The largest absolute Gasteiger partial charge is 0.343 e. The number of carbonyl (C=O) groups is 2. The highest BCUT2D eigenvalue weighted by Gasteiger charge is 2.23. The molecule has 0 fully saturated rings. The fraction of sp³-hybridized carbons (Fsp3) is 0.222. The summed E-state index contributed by atoms with van der Waals surface area (Å²) < 4.78 is 13.7. The highest BCUT2D eigenvalue weighted by atomic mass is 35.5. The smallest absolute Gasteiger partial charge is 0.256 e. The molecule has 0 spiro atoms. The summed E-state index contributed by atoms with van der Waals surface area (Å²) in [7, 11) is 0. The van der Waals surface area contributed by atoms with Gasteiger partial charge in [-0.1, -0.05) is 35.9 Å². The number of nitrogens with zero attached hydrogens (tertiary/aromatic N) is 1. The van der Waals surface area contributed by atoms with Crippen LogP contribution in [0.4, 0.5) is 10.1 Å². The molecule has 1 aliphatic heterocycles. The topological polar surface area (TPSA) is 49.4 Å². The van der Waals surface area contributed by atoms with Gasteiger partial charge in [-0.2, -0.15) is 0 Å². The fourth-order valence-electron chi connectivity index (χ4n) is 2.85. The van der Waals surface area contributed by atoms with Gasteiger partial charge >= 0.3 is 0 Å². The number of carbonyl (C=O) groups excluding carboxylic acids is 2. The van der Waals surface area contributed by atoms with Crippen molar-refractivity contribution in [2.24, 2.45) is 0 Å². The second kappa shape index (κ2) is 7.01. The first kappa shape index (κ1) is 16.5. The van der Waals surface area contributed by atoms with E-state index >= 15 is 0 Å². The van der Waals surface area contributed by atoms with Gasteiger partial charge in [-0.15, -0.1) is 0 Å². The average Bonchev–Trinajstić information content (AvgIpc) is 2.59. The summed E-state index contributed by atoms with van der Waals surface area (Å²) in [5.41, 5.74) is 1.73. The standard InChI is InChI=1S/C18H16ClFN2O2/c19-13-7-3-8-14(20)17(13)18(24)21-11-16(23)22-10-4-6-12-5-1-2-9-15(12)22/h1-3,5,7-9H,4,6,10-11H2,(H,21,24). The minimum absolute atomic E-state index is 0.0169. The molecule has 3 rings (SSSR count). The normalized spacial score (nSPS) is 13.3. The van der Waals surface area contributed by atoms with Crippen LogP contribution in [0.25, 0.3) is 0 Å². The lowest BCUT2D eigenvalue weighted by atomic mass is 10.0. The third-order valence-corrected chi connectivity index (χ3v) is 4.32. The molecule has 2 aromatic carbocycles. The van der Waals surface area contributed by atoms with Gasteiger partial charge in [-0.25, -0.2) is 4.39 Å². The number of fused-ring (bicyclic) bond motifs is 1. The monoisotopic (exact) mass is 346 g/mol. The first-order valence-corrected chi connectivity index (χ1v) is 8.06. The van der Waals surface area contributed by atoms with E-state index in [0.717, 1.165) is 30.2 Å². The molecule has 0 radical (unpaired) electrons. The van der Waals surface area contributed by atoms with E-state index in [0.29, 0.717) is 6.54 Å². The molecule has 0 atom stereocenters. The summed E-state index contributed by atoms with van der Waals surface area (Å²) >= 11 is 5.86. The molecule has 0 aromatic heterocycles. The van der Waals surface area contributed by atoms with Gasteiger partial charge in [0.2, 0.25) is 5.91 Å². The number of hydrogen-bond acceptors (Lipinski definition) is 2. The second-order valence-electron chi connectivity index (χ2n) is 5.56. The first-order chi connectivity index (χ1) is 11.6. The van der Waals surface area contributed by atoms with Gasteiger partial charge in [0.1, 0.15) is 5.82 Å². The molecular weight excluding hydrogens is 331 g/mol. The Morgan fingerprint density at radius 1 is 1.17 bits per heavy atom. The number of para-hydroxylation sites is 1. The molecule has 0 unspecified atom stereocenters. The van der Waals surface area contributed by atoms with Crippen LogP contribution in [0.15, 0.2) is 42.5 Å². The quantitative estimate of drug-likeness (QED) is 0.928. The maximum atomic E-state index is 13.7. The molecule has 0 aliphatic carbocycles. The van der Waals surface area contributed by atoms with Crippen LogP contribution < -0.4 is 10.2 Å². The number of hydrogen-bond donors (Lipinski definition) is 1. The molecule has 0 bridgehead atoms. The number of anilines is 1. The van der Waals surface area contributed by atoms with Crippen LogP contribution in [-0.4, -0.2) is 24.9 Å². The minimum Gasteiger partial charge on any atom is -0.343 e. The summed E-state index contributed by atoms with van der Waals surface area (Å²) in [5, 5.41) is 2.47. The van der Waals surface area contributed by atoms with E-state index in [9.17, 15) is 14.0 Å². The van der Waals surface area contributed by atoms with Gasteiger partial charge in [0.15, 0.2) is 0 Å². The van der Waals surface area contributed by atoms with Gasteiger partial charge in [0.05, 0.1) is 17.1 Å². The van der Waals surface area contributed by atoms with Crippen LogP contribution in [-0.2, 0) is 11.2 Å². The number of amides is 2. The zero-order valence-corrected chi connectivity index (χ0v) is 13.6. The Balaban J connectivity index is 1.70. The maximum absolute atomic E-state index is 13.7. The minimum atomic E-state index is -0.712. The SMILES string of the molecule is O=C(NCC(=O)N1CCCc2ccccc21)c1c(F)cccc1Cl. The van der Waals surface area contributed by atoms with E-state index in [4.69, 9.17) is 11.6 Å². The van der Waals surface area contributed by atoms with Gasteiger partial charge in [-0.3, -0.25) is 9.59 Å². The van der Waals surface area contributed by atoms with E-state index in [2.05, 4.69) is 5.32 Å². The van der Waals surface area contributed by atoms with Crippen LogP contribution in [0.2, 0.25) is 5.02 Å².